The summed E-state index contributed by atoms with van der Waals surface area (Å²) in [7, 11) is 0. The Hall–Kier alpha value is -2.59. The fourth-order valence-corrected chi connectivity index (χ4v) is 3.75. The number of para-hydroxylation sites is 1. The number of hydrogen-bond donors (Lipinski definition) is 3. The van der Waals surface area contributed by atoms with Crippen molar-refractivity contribution in [1.29, 1.82) is 0 Å². The van der Waals surface area contributed by atoms with Crippen molar-refractivity contribution in [2.45, 2.75) is 39.7 Å². The zero-order chi connectivity index (χ0) is 19.9. The highest BCUT2D eigenvalue weighted by Gasteiger charge is 2.20. The Balaban J connectivity index is 1.49. The number of aryl methyl sites for hydroxylation is 1. The summed E-state index contributed by atoms with van der Waals surface area (Å²) in [5, 5.41) is 6.46. The molecule has 0 unspecified atom stereocenters. The number of benzene rings is 2. The molecule has 0 aliphatic carbocycles. The SMILES string of the molecule is CCc1ccc([C@@H]([NH2+]CC(=O)NCCc2c[nH]c3ccccc23)C(C)C)cc1. The van der Waals surface area contributed by atoms with Crippen LogP contribution in [0.3, 0.4) is 0 Å². The normalized spacial score (nSPS) is 12.4. The van der Waals surface area contributed by atoms with Crippen molar-refractivity contribution in [3.63, 3.8) is 0 Å². The molecule has 1 amide bonds. The van der Waals surface area contributed by atoms with Crippen LogP contribution >= 0.6 is 0 Å². The molecule has 148 valence electrons. The van der Waals surface area contributed by atoms with Crippen molar-refractivity contribution in [2.75, 3.05) is 13.1 Å². The number of amides is 1. The summed E-state index contributed by atoms with van der Waals surface area (Å²) < 4.78 is 0. The summed E-state index contributed by atoms with van der Waals surface area (Å²) >= 11 is 0. The Labute approximate surface area is 167 Å². The van der Waals surface area contributed by atoms with Gasteiger partial charge in [0.2, 0.25) is 0 Å². The average molecular weight is 379 g/mol. The molecular formula is C24H32N3O+. The number of fused-ring (bicyclic) bond motifs is 1. The Morgan fingerprint density at radius 1 is 1.11 bits per heavy atom. The van der Waals surface area contributed by atoms with E-state index in [1.807, 2.05) is 18.3 Å². The summed E-state index contributed by atoms with van der Waals surface area (Å²) in [5.41, 5.74) is 5.03. The molecule has 1 atom stereocenters. The molecule has 3 aromatic rings. The van der Waals surface area contributed by atoms with Gasteiger partial charge in [0.25, 0.3) is 5.91 Å². The third kappa shape index (κ3) is 5.02. The number of hydrogen-bond acceptors (Lipinski definition) is 1. The molecule has 0 bridgehead atoms. The van der Waals surface area contributed by atoms with Gasteiger partial charge in [-0.15, -0.1) is 0 Å². The molecule has 4 nitrogen and oxygen atoms in total. The lowest BCUT2D eigenvalue weighted by Crippen LogP contribution is -2.88. The highest BCUT2D eigenvalue weighted by molar-refractivity contribution is 5.83. The number of rotatable bonds is 9. The molecule has 2 aromatic carbocycles. The van der Waals surface area contributed by atoms with Gasteiger partial charge in [-0.25, -0.2) is 0 Å². The largest absolute Gasteiger partial charge is 0.361 e. The van der Waals surface area contributed by atoms with Crippen molar-refractivity contribution in [3.8, 4) is 0 Å². The van der Waals surface area contributed by atoms with Gasteiger partial charge >= 0.3 is 0 Å². The van der Waals surface area contributed by atoms with Crippen molar-refractivity contribution in [3.05, 3.63) is 71.4 Å². The standard InChI is InChI=1S/C24H31N3O/c1-4-18-9-11-19(12-10-18)24(17(2)3)27-16-23(28)25-14-13-20-15-26-22-8-6-5-7-21(20)22/h5-12,15,17,24,26-27H,4,13-14,16H2,1-3H3,(H,25,28)/p+1/t24-/m0/s1. The van der Waals surface area contributed by atoms with Gasteiger partial charge in [0.05, 0.1) is 0 Å². The number of H-pyrrole nitrogens is 1. The second-order valence-corrected chi connectivity index (χ2v) is 7.76. The first-order chi connectivity index (χ1) is 13.6. The molecule has 0 aliphatic heterocycles. The molecule has 0 aliphatic rings. The topological polar surface area (TPSA) is 61.5 Å². The van der Waals surface area contributed by atoms with Gasteiger partial charge < -0.3 is 15.6 Å². The van der Waals surface area contributed by atoms with E-state index in [9.17, 15) is 4.79 Å². The smallest absolute Gasteiger partial charge is 0.275 e. The number of nitrogens with one attached hydrogen (secondary N) is 2. The molecule has 4 N–H and O–H groups in total. The fourth-order valence-electron chi connectivity index (χ4n) is 3.75. The molecule has 1 aromatic heterocycles. The van der Waals surface area contributed by atoms with Gasteiger partial charge in [0, 0.05) is 35.1 Å². The Kier molecular flexibility index (Phi) is 6.88. The van der Waals surface area contributed by atoms with Gasteiger partial charge in [-0.05, 0) is 30.0 Å². The van der Waals surface area contributed by atoms with Gasteiger partial charge in [-0.2, -0.15) is 0 Å². The fraction of sp³-hybridized carbons (Fsp3) is 0.375. The Morgan fingerprint density at radius 2 is 1.86 bits per heavy atom. The molecule has 0 radical (unpaired) electrons. The van der Waals surface area contributed by atoms with Crippen molar-refractivity contribution in [2.24, 2.45) is 5.92 Å². The molecule has 1 heterocycles. The lowest BCUT2D eigenvalue weighted by Gasteiger charge is -2.19. The minimum atomic E-state index is 0.0932. The lowest BCUT2D eigenvalue weighted by atomic mass is 9.95. The lowest BCUT2D eigenvalue weighted by molar-refractivity contribution is -0.692. The van der Waals surface area contributed by atoms with E-state index in [4.69, 9.17) is 0 Å². The van der Waals surface area contributed by atoms with Gasteiger partial charge in [0.1, 0.15) is 6.04 Å². The number of aromatic nitrogens is 1. The minimum absolute atomic E-state index is 0.0932. The zero-order valence-electron chi connectivity index (χ0n) is 17.2. The van der Waals surface area contributed by atoms with Crippen LogP contribution in [0.15, 0.2) is 54.7 Å². The summed E-state index contributed by atoms with van der Waals surface area (Å²) in [6, 6.07) is 17.4. The van der Waals surface area contributed by atoms with Crippen LogP contribution in [0.1, 0.15) is 43.5 Å². The monoisotopic (exact) mass is 378 g/mol. The quantitative estimate of drug-likeness (QED) is 0.525. The number of nitrogens with two attached hydrogens (primary N) is 1. The van der Waals surface area contributed by atoms with Gasteiger partial charge in [-0.3, -0.25) is 4.79 Å². The van der Waals surface area contributed by atoms with Crippen LogP contribution in [0.5, 0.6) is 0 Å². The van der Waals surface area contributed by atoms with E-state index in [0.29, 0.717) is 25.0 Å². The molecule has 0 saturated carbocycles. The van der Waals surface area contributed by atoms with E-state index in [2.05, 4.69) is 72.8 Å². The van der Waals surface area contributed by atoms with E-state index in [1.165, 1.54) is 22.1 Å². The van der Waals surface area contributed by atoms with E-state index < -0.39 is 0 Å². The first kappa shape index (κ1) is 20.2. The highest BCUT2D eigenvalue weighted by atomic mass is 16.1. The van der Waals surface area contributed by atoms with E-state index in [-0.39, 0.29) is 5.91 Å². The van der Waals surface area contributed by atoms with Crippen LogP contribution in [-0.2, 0) is 17.6 Å². The number of carbonyl (C=O) groups excluding carboxylic acids is 1. The maximum atomic E-state index is 12.3. The first-order valence-corrected chi connectivity index (χ1v) is 10.3. The van der Waals surface area contributed by atoms with Crippen LogP contribution in [0, 0.1) is 5.92 Å². The van der Waals surface area contributed by atoms with Crippen LogP contribution in [0.2, 0.25) is 0 Å². The number of quaternary nitrogens is 1. The van der Waals surface area contributed by atoms with Gasteiger partial charge in [-0.1, -0.05) is 63.2 Å². The molecule has 0 saturated heterocycles. The third-order valence-corrected chi connectivity index (χ3v) is 5.44. The van der Waals surface area contributed by atoms with Crippen LogP contribution < -0.4 is 10.6 Å². The van der Waals surface area contributed by atoms with Crippen molar-refractivity contribution in [1.82, 2.24) is 10.3 Å². The molecule has 3 rings (SSSR count). The van der Waals surface area contributed by atoms with Crippen LogP contribution in [0.25, 0.3) is 10.9 Å². The summed E-state index contributed by atoms with van der Waals surface area (Å²) in [5.74, 6) is 0.558. The zero-order valence-corrected chi connectivity index (χ0v) is 17.2. The highest BCUT2D eigenvalue weighted by Crippen LogP contribution is 2.19. The van der Waals surface area contributed by atoms with E-state index in [0.717, 1.165) is 18.4 Å². The first-order valence-electron chi connectivity index (χ1n) is 10.3. The maximum Gasteiger partial charge on any atom is 0.275 e. The predicted octanol–water partition coefficient (Wildman–Crippen LogP) is 3.35. The summed E-state index contributed by atoms with van der Waals surface area (Å²) in [4.78, 5) is 15.6. The summed E-state index contributed by atoms with van der Waals surface area (Å²) in [6.07, 6.45) is 3.93. The minimum Gasteiger partial charge on any atom is -0.361 e. The van der Waals surface area contributed by atoms with E-state index in [1.54, 1.807) is 0 Å². The van der Waals surface area contributed by atoms with Crippen LogP contribution in [-0.4, -0.2) is 24.0 Å². The third-order valence-electron chi connectivity index (χ3n) is 5.44. The Morgan fingerprint density at radius 3 is 2.57 bits per heavy atom. The molecule has 28 heavy (non-hydrogen) atoms. The average Bonchev–Trinajstić information content (AvgIpc) is 3.11. The summed E-state index contributed by atoms with van der Waals surface area (Å²) in [6.45, 7) is 7.70. The molecule has 0 spiro atoms. The number of carbonyl (C=O) groups is 1. The molecule has 0 fully saturated rings. The molecule has 4 heteroatoms. The van der Waals surface area contributed by atoms with E-state index >= 15 is 0 Å². The second kappa shape index (κ2) is 9.56. The van der Waals surface area contributed by atoms with Crippen molar-refractivity contribution < 1.29 is 10.1 Å². The Bertz CT molecular complexity index is 896. The molecular weight excluding hydrogens is 346 g/mol. The second-order valence-electron chi connectivity index (χ2n) is 7.76. The van der Waals surface area contributed by atoms with Crippen molar-refractivity contribution >= 4 is 16.8 Å². The van der Waals surface area contributed by atoms with Gasteiger partial charge in [0.15, 0.2) is 6.54 Å². The van der Waals surface area contributed by atoms with Crippen LogP contribution in [0.4, 0.5) is 0 Å². The maximum absolute atomic E-state index is 12.3. The number of aromatic amines is 1. The predicted molar refractivity (Wildman–Crippen MR) is 115 cm³/mol.